The fourth-order valence-corrected chi connectivity index (χ4v) is 2.59. The first-order chi connectivity index (χ1) is 12.3. The highest BCUT2D eigenvalue weighted by Gasteiger charge is 2.33. The predicted octanol–water partition coefficient (Wildman–Crippen LogP) is 3.89. The number of hydrazone groups is 1. The van der Waals surface area contributed by atoms with E-state index in [-0.39, 0.29) is 11.3 Å². The van der Waals surface area contributed by atoms with Gasteiger partial charge in [0.25, 0.3) is 5.91 Å². The molecule has 2 aromatic carbocycles. The molecule has 134 valence electrons. The first kappa shape index (κ1) is 17.8. The molecule has 0 aliphatic heterocycles. The third kappa shape index (κ3) is 3.65. The number of rotatable bonds is 3. The van der Waals surface area contributed by atoms with Crippen LogP contribution in [0, 0.1) is 0 Å². The van der Waals surface area contributed by atoms with Gasteiger partial charge in [-0.1, -0.05) is 29.8 Å². The van der Waals surface area contributed by atoms with Crippen molar-refractivity contribution in [1.82, 2.24) is 10.4 Å². The summed E-state index contributed by atoms with van der Waals surface area (Å²) in [6.07, 6.45) is -4.59. The number of hydrogen-bond donors (Lipinski definition) is 3. The first-order valence-corrected chi connectivity index (χ1v) is 7.72. The van der Waals surface area contributed by atoms with E-state index in [2.05, 4.69) is 15.5 Å². The van der Waals surface area contributed by atoms with Crippen molar-refractivity contribution in [2.45, 2.75) is 6.18 Å². The monoisotopic (exact) mass is 380 g/mol. The molecule has 5 nitrogen and oxygen atoms in total. The number of fused-ring (bicyclic) bond motifs is 1. The van der Waals surface area contributed by atoms with Crippen molar-refractivity contribution in [2.24, 2.45) is 10.8 Å². The summed E-state index contributed by atoms with van der Waals surface area (Å²) < 4.78 is 39.0. The molecular formula is C17H12ClF3N4O. The van der Waals surface area contributed by atoms with Crippen LogP contribution in [0.15, 0.2) is 53.6 Å². The van der Waals surface area contributed by atoms with E-state index in [0.29, 0.717) is 15.9 Å². The van der Waals surface area contributed by atoms with Crippen molar-refractivity contribution in [2.75, 3.05) is 0 Å². The van der Waals surface area contributed by atoms with Gasteiger partial charge in [0.15, 0.2) is 5.84 Å². The maximum absolute atomic E-state index is 13.0. The molecule has 3 rings (SSSR count). The van der Waals surface area contributed by atoms with Gasteiger partial charge < -0.3 is 10.7 Å². The van der Waals surface area contributed by atoms with Crippen molar-refractivity contribution < 1.29 is 18.0 Å². The first-order valence-electron chi connectivity index (χ1n) is 7.34. The van der Waals surface area contributed by atoms with E-state index in [1.54, 1.807) is 24.3 Å². The van der Waals surface area contributed by atoms with E-state index >= 15 is 0 Å². The van der Waals surface area contributed by atoms with Gasteiger partial charge in [-0.15, -0.1) is 0 Å². The van der Waals surface area contributed by atoms with Gasteiger partial charge in [-0.25, -0.2) is 5.43 Å². The second-order valence-electron chi connectivity index (χ2n) is 5.40. The summed E-state index contributed by atoms with van der Waals surface area (Å²) in [5, 5.41) is 4.80. The lowest BCUT2D eigenvalue weighted by Crippen LogP contribution is -2.26. The number of amidine groups is 1. The molecule has 0 saturated carbocycles. The molecule has 0 atom stereocenters. The number of halogens is 4. The Morgan fingerprint density at radius 2 is 1.88 bits per heavy atom. The highest BCUT2D eigenvalue weighted by molar-refractivity contribution is 6.31. The van der Waals surface area contributed by atoms with Gasteiger partial charge in [-0.2, -0.15) is 18.3 Å². The quantitative estimate of drug-likeness (QED) is 0.366. The van der Waals surface area contributed by atoms with Gasteiger partial charge in [0.1, 0.15) is 5.69 Å². The van der Waals surface area contributed by atoms with E-state index in [4.69, 9.17) is 17.3 Å². The Morgan fingerprint density at radius 1 is 1.15 bits per heavy atom. The summed E-state index contributed by atoms with van der Waals surface area (Å²) in [6, 6.07) is 11.3. The summed E-state index contributed by atoms with van der Waals surface area (Å²) >= 11 is 5.88. The van der Waals surface area contributed by atoms with Crippen LogP contribution in [0.3, 0.4) is 0 Å². The molecule has 0 spiro atoms. The molecule has 3 aromatic rings. The zero-order chi connectivity index (χ0) is 18.9. The summed E-state index contributed by atoms with van der Waals surface area (Å²) in [5.41, 5.74) is 7.36. The third-order valence-corrected chi connectivity index (χ3v) is 3.85. The third-order valence-electron chi connectivity index (χ3n) is 3.61. The van der Waals surface area contributed by atoms with Crippen LogP contribution in [0.1, 0.15) is 21.6 Å². The van der Waals surface area contributed by atoms with Crippen LogP contribution in [0.4, 0.5) is 13.2 Å². The predicted molar refractivity (Wildman–Crippen MR) is 92.9 cm³/mol. The van der Waals surface area contributed by atoms with Gasteiger partial charge in [0.2, 0.25) is 0 Å². The Kier molecular flexibility index (Phi) is 4.60. The van der Waals surface area contributed by atoms with E-state index < -0.39 is 23.5 Å². The van der Waals surface area contributed by atoms with Crippen LogP contribution in [-0.2, 0) is 6.18 Å². The number of nitrogens with zero attached hydrogens (tertiary/aromatic N) is 1. The number of hydrogen-bond acceptors (Lipinski definition) is 2. The van der Waals surface area contributed by atoms with E-state index in [9.17, 15) is 18.0 Å². The summed E-state index contributed by atoms with van der Waals surface area (Å²) in [6.45, 7) is 0. The largest absolute Gasteiger partial charge is 0.417 e. The van der Waals surface area contributed by atoms with Crippen LogP contribution in [0.2, 0.25) is 5.02 Å². The summed E-state index contributed by atoms with van der Waals surface area (Å²) in [4.78, 5) is 15.0. The zero-order valence-corrected chi connectivity index (χ0v) is 13.8. The van der Waals surface area contributed by atoms with E-state index in [1.807, 2.05) is 0 Å². The lowest BCUT2D eigenvalue weighted by Gasteiger charge is -2.11. The van der Waals surface area contributed by atoms with Crippen LogP contribution in [0.25, 0.3) is 10.9 Å². The molecule has 26 heavy (non-hydrogen) atoms. The Hall–Kier alpha value is -3.00. The number of aromatic amines is 1. The fraction of sp³-hybridized carbons (Fsp3) is 0.0588. The van der Waals surface area contributed by atoms with Crippen molar-refractivity contribution >= 4 is 34.2 Å². The molecule has 0 fully saturated rings. The standard InChI is InChI=1S/C17H12ClF3N4O/c18-10-5-6-13-9(7-10)8-14(23-13)16(26)25-24-15(22)11-3-1-2-4-12(11)17(19,20)21/h1-8,23H,(H2,22,24)(H,25,26). The lowest BCUT2D eigenvalue weighted by molar-refractivity contribution is -0.137. The summed E-state index contributed by atoms with van der Waals surface area (Å²) in [7, 11) is 0. The van der Waals surface area contributed by atoms with Crippen molar-refractivity contribution in [3.63, 3.8) is 0 Å². The molecule has 0 saturated heterocycles. The number of carbonyl (C=O) groups excluding carboxylic acids is 1. The van der Waals surface area contributed by atoms with Crippen LogP contribution in [0.5, 0.6) is 0 Å². The average molecular weight is 381 g/mol. The smallest absolute Gasteiger partial charge is 0.382 e. The zero-order valence-electron chi connectivity index (χ0n) is 13.1. The van der Waals surface area contributed by atoms with Gasteiger partial charge >= 0.3 is 6.18 Å². The van der Waals surface area contributed by atoms with Crippen LogP contribution >= 0.6 is 11.6 Å². The molecule has 1 amide bonds. The SMILES string of the molecule is N/C(=N\NC(=O)c1cc2cc(Cl)ccc2[nH]1)c1ccccc1C(F)(F)F. The van der Waals surface area contributed by atoms with Crippen LogP contribution < -0.4 is 11.2 Å². The van der Waals surface area contributed by atoms with Crippen molar-refractivity contribution in [1.29, 1.82) is 0 Å². The van der Waals surface area contributed by atoms with Gasteiger partial charge in [-0.05, 0) is 30.3 Å². The lowest BCUT2D eigenvalue weighted by atomic mass is 10.1. The average Bonchev–Trinajstić information content (AvgIpc) is 3.01. The molecule has 0 unspecified atom stereocenters. The highest BCUT2D eigenvalue weighted by Crippen LogP contribution is 2.31. The topological polar surface area (TPSA) is 83.3 Å². The maximum atomic E-state index is 13.0. The molecule has 0 aliphatic carbocycles. The molecule has 0 bridgehead atoms. The molecule has 4 N–H and O–H groups in total. The second kappa shape index (κ2) is 6.72. The number of nitrogens with two attached hydrogens (primary N) is 1. The number of carbonyl (C=O) groups is 1. The van der Waals surface area contributed by atoms with Crippen molar-refractivity contribution in [3.05, 3.63) is 70.4 Å². The number of amides is 1. The Labute approximate surface area is 150 Å². The Bertz CT molecular complexity index is 1010. The second-order valence-corrected chi connectivity index (χ2v) is 5.83. The maximum Gasteiger partial charge on any atom is 0.417 e. The Morgan fingerprint density at radius 3 is 2.62 bits per heavy atom. The molecule has 0 aliphatic rings. The van der Waals surface area contributed by atoms with Gasteiger partial charge in [-0.3, -0.25) is 4.79 Å². The number of benzene rings is 2. The normalized spacial score (nSPS) is 12.4. The number of aromatic nitrogens is 1. The molecule has 0 radical (unpaired) electrons. The number of alkyl halides is 3. The minimum Gasteiger partial charge on any atom is -0.382 e. The minimum atomic E-state index is -4.59. The molecule has 1 heterocycles. The highest BCUT2D eigenvalue weighted by atomic mass is 35.5. The molecular weight excluding hydrogens is 369 g/mol. The van der Waals surface area contributed by atoms with E-state index in [0.717, 1.165) is 6.07 Å². The molecule has 9 heteroatoms. The summed E-state index contributed by atoms with van der Waals surface area (Å²) in [5.74, 6) is -1.10. The Balaban J connectivity index is 1.83. The minimum absolute atomic E-state index is 0.169. The van der Waals surface area contributed by atoms with Gasteiger partial charge in [0.05, 0.1) is 5.56 Å². The van der Waals surface area contributed by atoms with Crippen molar-refractivity contribution in [3.8, 4) is 0 Å². The van der Waals surface area contributed by atoms with E-state index in [1.165, 1.54) is 18.2 Å². The fourth-order valence-electron chi connectivity index (χ4n) is 2.41. The van der Waals surface area contributed by atoms with Gasteiger partial charge in [0, 0.05) is 21.5 Å². The number of nitrogens with one attached hydrogen (secondary N) is 2. The number of H-pyrrole nitrogens is 1. The molecule has 1 aromatic heterocycles. The van der Waals surface area contributed by atoms with Crippen LogP contribution in [-0.4, -0.2) is 16.7 Å².